The van der Waals surface area contributed by atoms with Crippen molar-refractivity contribution in [3.63, 3.8) is 0 Å². The van der Waals surface area contributed by atoms with Crippen LogP contribution in [0.1, 0.15) is 45.0 Å². The third kappa shape index (κ3) is 4.22. The molecule has 0 aliphatic carbocycles. The van der Waals surface area contributed by atoms with Crippen molar-refractivity contribution in [3.8, 4) is 0 Å². The molecule has 0 aromatic carbocycles. The number of hydrogen-bond donors (Lipinski definition) is 1. The first-order valence-electron chi connectivity index (χ1n) is 5.86. The molecule has 1 amide bonds. The number of nitrogens with zero attached hydrogens (tertiary/aromatic N) is 1. The number of aromatic nitrogens is 1. The van der Waals surface area contributed by atoms with Crippen LogP contribution >= 0.6 is 0 Å². The molecule has 1 aromatic heterocycles. The van der Waals surface area contributed by atoms with Crippen molar-refractivity contribution in [2.24, 2.45) is 5.41 Å². The van der Waals surface area contributed by atoms with E-state index < -0.39 is 23.3 Å². The van der Waals surface area contributed by atoms with Crippen LogP contribution in [-0.4, -0.2) is 10.9 Å². The molecule has 1 N–H and O–H groups in total. The number of nitrogens with one attached hydrogen (secondary N) is 1. The molecule has 106 valence electrons. The Bertz CT molecular complexity index is 464. The van der Waals surface area contributed by atoms with Crippen LogP contribution in [0.25, 0.3) is 0 Å². The van der Waals surface area contributed by atoms with Gasteiger partial charge in [0.25, 0.3) is 0 Å². The zero-order valence-corrected chi connectivity index (χ0v) is 11.3. The highest BCUT2D eigenvalue weighted by Crippen LogP contribution is 2.29. The van der Waals surface area contributed by atoms with E-state index in [0.29, 0.717) is 5.56 Å². The molecule has 1 heterocycles. The summed E-state index contributed by atoms with van der Waals surface area (Å²) in [6, 6.07) is 1.91. The minimum atomic E-state index is -4.48. The lowest BCUT2D eigenvalue weighted by Crippen LogP contribution is -2.36. The molecule has 0 radical (unpaired) electrons. The monoisotopic (exact) mass is 274 g/mol. The van der Waals surface area contributed by atoms with Gasteiger partial charge in [-0.1, -0.05) is 20.8 Å². The van der Waals surface area contributed by atoms with E-state index >= 15 is 0 Å². The Morgan fingerprint density at radius 2 is 1.89 bits per heavy atom. The highest BCUT2D eigenvalue weighted by Gasteiger charge is 2.33. The second-order valence-corrected chi connectivity index (χ2v) is 5.42. The molecule has 0 bridgehead atoms. The smallest absolute Gasteiger partial charge is 0.349 e. The SMILES string of the molecule is CC(NC(=O)C(C)(C)C)c1ccnc(C(F)(F)F)c1. The van der Waals surface area contributed by atoms with E-state index in [0.717, 1.165) is 12.3 Å². The predicted molar refractivity (Wildman–Crippen MR) is 65.3 cm³/mol. The van der Waals surface area contributed by atoms with Gasteiger partial charge in [0.1, 0.15) is 5.69 Å². The van der Waals surface area contributed by atoms with Crippen molar-refractivity contribution in [2.45, 2.75) is 39.9 Å². The van der Waals surface area contributed by atoms with Crippen molar-refractivity contribution in [3.05, 3.63) is 29.6 Å². The van der Waals surface area contributed by atoms with Crippen molar-refractivity contribution < 1.29 is 18.0 Å². The van der Waals surface area contributed by atoms with Crippen LogP contribution in [0.4, 0.5) is 13.2 Å². The number of carbonyl (C=O) groups excluding carboxylic acids is 1. The summed E-state index contributed by atoms with van der Waals surface area (Å²) >= 11 is 0. The second kappa shape index (κ2) is 5.19. The molecule has 1 aromatic rings. The maximum atomic E-state index is 12.5. The van der Waals surface area contributed by atoms with Crippen molar-refractivity contribution in [1.82, 2.24) is 10.3 Å². The standard InChI is InChI=1S/C13H17F3N2O/c1-8(18-11(19)12(2,3)4)9-5-6-17-10(7-9)13(14,15)16/h5-8H,1-4H3,(H,18,19). The molecule has 1 rings (SSSR count). The van der Waals surface area contributed by atoms with Crippen LogP contribution in [-0.2, 0) is 11.0 Å². The Labute approximate surface area is 110 Å². The molecule has 0 spiro atoms. The fourth-order valence-corrected chi connectivity index (χ4v) is 1.37. The maximum Gasteiger partial charge on any atom is 0.433 e. The van der Waals surface area contributed by atoms with Crippen LogP contribution in [0, 0.1) is 5.41 Å². The van der Waals surface area contributed by atoms with Gasteiger partial charge in [0.15, 0.2) is 0 Å². The minimum Gasteiger partial charge on any atom is -0.349 e. The molecule has 0 aliphatic heterocycles. The summed E-state index contributed by atoms with van der Waals surface area (Å²) in [5, 5.41) is 2.68. The second-order valence-electron chi connectivity index (χ2n) is 5.42. The van der Waals surface area contributed by atoms with Gasteiger partial charge in [-0.15, -0.1) is 0 Å². The van der Waals surface area contributed by atoms with E-state index in [1.165, 1.54) is 6.07 Å². The average molecular weight is 274 g/mol. The number of pyridine rings is 1. The Balaban J connectivity index is 2.89. The van der Waals surface area contributed by atoms with E-state index in [9.17, 15) is 18.0 Å². The zero-order chi connectivity index (χ0) is 14.8. The van der Waals surface area contributed by atoms with E-state index in [-0.39, 0.29) is 5.91 Å². The first-order valence-corrected chi connectivity index (χ1v) is 5.86. The fraction of sp³-hybridized carbons (Fsp3) is 0.538. The molecule has 0 fully saturated rings. The normalized spacial score (nSPS) is 14.1. The van der Waals surface area contributed by atoms with Crippen molar-refractivity contribution in [2.75, 3.05) is 0 Å². The number of amides is 1. The molecule has 1 atom stereocenters. The fourth-order valence-electron chi connectivity index (χ4n) is 1.37. The third-order valence-corrected chi connectivity index (χ3v) is 2.60. The summed E-state index contributed by atoms with van der Waals surface area (Å²) in [6.07, 6.45) is -3.39. The van der Waals surface area contributed by atoms with Gasteiger partial charge >= 0.3 is 6.18 Å². The lowest BCUT2D eigenvalue weighted by atomic mass is 9.95. The average Bonchev–Trinajstić information content (AvgIpc) is 2.26. The molecule has 19 heavy (non-hydrogen) atoms. The molecule has 6 heteroatoms. The summed E-state index contributed by atoms with van der Waals surface area (Å²) in [6.45, 7) is 6.85. The quantitative estimate of drug-likeness (QED) is 0.898. The van der Waals surface area contributed by atoms with Gasteiger partial charge in [-0.25, -0.2) is 0 Å². The first-order chi connectivity index (χ1) is 8.51. The molecule has 3 nitrogen and oxygen atoms in total. The van der Waals surface area contributed by atoms with Gasteiger partial charge in [0.2, 0.25) is 5.91 Å². The van der Waals surface area contributed by atoms with Gasteiger partial charge in [-0.05, 0) is 24.6 Å². The topological polar surface area (TPSA) is 42.0 Å². The Kier molecular flexibility index (Phi) is 4.22. The largest absolute Gasteiger partial charge is 0.433 e. The molecule has 0 saturated carbocycles. The molecule has 0 saturated heterocycles. The summed E-state index contributed by atoms with van der Waals surface area (Å²) in [5.74, 6) is -0.217. The number of carbonyl (C=O) groups is 1. The predicted octanol–water partition coefficient (Wildman–Crippen LogP) is 3.32. The molecule has 0 aliphatic rings. The highest BCUT2D eigenvalue weighted by atomic mass is 19.4. The Morgan fingerprint density at radius 3 is 2.37 bits per heavy atom. The number of rotatable bonds is 2. The van der Waals surface area contributed by atoms with Gasteiger partial charge in [0.05, 0.1) is 6.04 Å². The lowest BCUT2D eigenvalue weighted by Gasteiger charge is -2.22. The van der Waals surface area contributed by atoms with E-state index in [1.54, 1.807) is 27.7 Å². The van der Waals surface area contributed by atoms with Gasteiger partial charge in [0, 0.05) is 11.6 Å². The summed E-state index contributed by atoms with van der Waals surface area (Å²) in [7, 11) is 0. The van der Waals surface area contributed by atoms with E-state index in [2.05, 4.69) is 10.3 Å². The molecule has 1 unspecified atom stereocenters. The maximum absolute atomic E-state index is 12.5. The lowest BCUT2D eigenvalue weighted by molar-refractivity contribution is -0.141. The minimum absolute atomic E-state index is 0.217. The van der Waals surface area contributed by atoms with E-state index in [4.69, 9.17) is 0 Å². The number of halogens is 3. The van der Waals surface area contributed by atoms with E-state index in [1.807, 2.05) is 0 Å². The first kappa shape index (κ1) is 15.5. The summed E-state index contributed by atoms with van der Waals surface area (Å²) < 4.78 is 37.6. The summed E-state index contributed by atoms with van der Waals surface area (Å²) in [5.41, 5.74) is -1.17. The van der Waals surface area contributed by atoms with Crippen LogP contribution in [0.3, 0.4) is 0 Å². The number of alkyl halides is 3. The van der Waals surface area contributed by atoms with Crippen LogP contribution < -0.4 is 5.32 Å². The Morgan fingerprint density at radius 1 is 1.32 bits per heavy atom. The van der Waals surface area contributed by atoms with Gasteiger partial charge in [-0.3, -0.25) is 9.78 Å². The van der Waals surface area contributed by atoms with Crippen LogP contribution in [0.15, 0.2) is 18.3 Å². The van der Waals surface area contributed by atoms with Crippen molar-refractivity contribution >= 4 is 5.91 Å². The zero-order valence-electron chi connectivity index (χ0n) is 11.3. The van der Waals surface area contributed by atoms with Gasteiger partial charge < -0.3 is 5.32 Å². The van der Waals surface area contributed by atoms with Crippen molar-refractivity contribution in [1.29, 1.82) is 0 Å². The van der Waals surface area contributed by atoms with Gasteiger partial charge in [-0.2, -0.15) is 13.2 Å². The number of hydrogen-bond acceptors (Lipinski definition) is 2. The summed E-state index contributed by atoms with van der Waals surface area (Å²) in [4.78, 5) is 15.1. The van der Waals surface area contributed by atoms with Crippen LogP contribution in [0.5, 0.6) is 0 Å². The molecular weight excluding hydrogens is 257 g/mol. The van der Waals surface area contributed by atoms with Crippen LogP contribution in [0.2, 0.25) is 0 Å². The third-order valence-electron chi connectivity index (χ3n) is 2.60. The highest BCUT2D eigenvalue weighted by molar-refractivity contribution is 5.81. The Hall–Kier alpha value is -1.59. The molecular formula is C13H17F3N2O.